The first kappa shape index (κ1) is 13.0. The molecule has 15 heavy (non-hydrogen) atoms. The first-order valence-corrected chi connectivity index (χ1v) is 6.83. The second-order valence-corrected chi connectivity index (χ2v) is 4.70. The van der Waals surface area contributed by atoms with Gasteiger partial charge in [-0.15, -0.1) is 0 Å². The summed E-state index contributed by atoms with van der Waals surface area (Å²) >= 11 is 0. The Kier molecular flexibility index (Phi) is 7.03. The van der Waals surface area contributed by atoms with Gasteiger partial charge in [-0.1, -0.05) is 13.8 Å². The van der Waals surface area contributed by atoms with Crippen molar-refractivity contribution >= 4 is 0 Å². The van der Waals surface area contributed by atoms with Crippen molar-refractivity contribution < 1.29 is 0 Å². The average molecular weight is 212 g/mol. The topological polar surface area (TPSA) is 15.3 Å². The van der Waals surface area contributed by atoms with Crippen LogP contribution in [0.1, 0.15) is 52.4 Å². The van der Waals surface area contributed by atoms with Crippen molar-refractivity contribution in [3.8, 4) is 0 Å². The van der Waals surface area contributed by atoms with E-state index < -0.39 is 0 Å². The van der Waals surface area contributed by atoms with Crippen molar-refractivity contribution in [1.29, 1.82) is 0 Å². The van der Waals surface area contributed by atoms with Gasteiger partial charge in [0.25, 0.3) is 0 Å². The smallest absolute Gasteiger partial charge is 0.00931 e. The number of nitrogens with one attached hydrogen (secondary N) is 1. The molecule has 2 nitrogen and oxygen atoms in total. The summed E-state index contributed by atoms with van der Waals surface area (Å²) in [5.41, 5.74) is 0. The second kappa shape index (κ2) is 8.12. The van der Waals surface area contributed by atoms with E-state index in [0.29, 0.717) is 0 Å². The fourth-order valence-electron chi connectivity index (χ4n) is 2.52. The molecule has 0 aromatic heterocycles. The maximum Gasteiger partial charge on any atom is 0.00931 e. The molecule has 1 fully saturated rings. The van der Waals surface area contributed by atoms with Crippen LogP contribution in [0.15, 0.2) is 0 Å². The molecule has 0 aromatic rings. The van der Waals surface area contributed by atoms with Crippen LogP contribution in [0, 0.1) is 0 Å². The van der Waals surface area contributed by atoms with Gasteiger partial charge in [-0.2, -0.15) is 0 Å². The molecule has 1 saturated heterocycles. The van der Waals surface area contributed by atoms with Crippen molar-refractivity contribution in [2.24, 2.45) is 0 Å². The molecule has 1 heterocycles. The standard InChI is InChI=1S/C13H28N2/c1-3-9-14-10-5-6-11-15-12-7-8-13(15)4-2/h13-14H,3-12H2,1-2H3. The van der Waals surface area contributed by atoms with E-state index in [0.717, 1.165) is 6.04 Å². The number of likely N-dealkylation sites (tertiary alicyclic amines) is 1. The van der Waals surface area contributed by atoms with Crippen LogP contribution >= 0.6 is 0 Å². The first-order valence-electron chi connectivity index (χ1n) is 6.83. The molecule has 1 aliphatic heterocycles. The molecule has 0 saturated carbocycles. The monoisotopic (exact) mass is 212 g/mol. The molecule has 0 aliphatic carbocycles. The maximum absolute atomic E-state index is 3.47. The molecule has 0 radical (unpaired) electrons. The third kappa shape index (κ3) is 4.98. The van der Waals surface area contributed by atoms with E-state index >= 15 is 0 Å². The average Bonchev–Trinajstić information content (AvgIpc) is 2.70. The van der Waals surface area contributed by atoms with Gasteiger partial charge in [0.1, 0.15) is 0 Å². The lowest BCUT2D eigenvalue weighted by Gasteiger charge is -2.23. The molecule has 1 N–H and O–H groups in total. The van der Waals surface area contributed by atoms with Crippen molar-refractivity contribution in [2.45, 2.75) is 58.4 Å². The van der Waals surface area contributed by atoms with Gasteiger partial charge in [0.05, 0.1) is 0 Å². The highest BCUT2D eigenvalue weighted by Gasteiger charge is 2.21. The predicted octanol–water partition coefficient (Wildman–Crippen LogP) is 2.64. The Hall–Kier alpha value is -0.0800. The Labute approximate surface area is 95.4 Å². The van der Waals surface area contributed by atoms with Crippen LogP contribution in [0.25, 0.3) is 0 Å². The van der Waals surface area contributed by atoms with Crippen LogP contribution in [-0.4, -0.2) is 37.1 Å². The molecule has 0 amide bonds. The molecular formula is C13H28N2. The minimum Gasteiger partial charge on any atom is -0.317 e. The summed E-state index contributed by atoms with van der Waals surface area (Å²) in [6.45, 7) is 9.61. The molecule has 0 spiro atoms. The molecule has 1 unspecified atom stereocenters. The lowest BCUT2D eigenvalue weighted by Crippen LogP contribution is -2.30. The van der Waals surface area contributed by atoms with Gasteiger partial charge in [-0.25, -0.2) is 0 Å². The van der Waals surface area contributed by atoms with Crippen LogP contribution in [0.3, 0.4) is 0 Å². The van der Waals surface area contributed by atoms with E-state index in [9.17, 15) is 0 Å². The number of rotatable bonds is 8. The fraction of sp³-hybridized carbons (Fsp3) is 1.00. The van der Waals surface area contributed by atoms with Gasteiger partial charge in [-0.05, 0) is 64.7 Å². The summed E-state index contributed by atoms with van der Waals surface area (Å²) in [6, 6.07) is 0.897. The SMILES string of the molecule is CCCNCCCCN1CCCC1CC. The number of hydrogen-bond acceptors (Lipinski definition) is 2. The Bertz CT molecular complexity index is 147. The Morgan fingerprint density at radius 2 is 2.07 bits per heavy atom. The molecule has 2 heteroatoms. The van der Waals surface area contributed by atoms with Crippen LogP contribution < -0.4 is 5.32 Å². The number of unbranched alkanes of at least 4 members (excludes halogenated alkanes) is 1. The highest BCUT2D eigenvalue weighted by atomic mass is 15.2. The Morgan fingerprint density at radius 1 is 1.20 bits per heavy atom. The summed E-state index contributed by atoms with van der Waals surface area (Å²) < 4.78 is 0. The largest absolute Gasteiger partial charge is 0.317 e. The quantitative estimate of drug-likeness (QED) is 0.622. The van der Waals surface area contributed by atoms with E-state index in [1.807, 2.05) is 0 Å². The maximum atomic E-state index is 3.47. The van der Waals surface area contributed by atoms with Crippen molar-refractivity contribution in [3.63, 3.8) is 0 Å². The van der Waals surface area contributed by atoms with Crippen LogP contribution in [0.2, 0.25) is 0 Å². The highest BCUT2D eigenvalue weighted by Crippen LogP contribution is 2.19. The zero-order valence-corrected chi connectivity index (χ0v) is 10.6. The molecular weight excluding hydrogens is 184 g/mol. The summed E-state index contributed by atoms with van der Waals surface area (Å²) in [4.78, 5) is 2.69. The van der Waals surface area contributed by atoms with Gasteiger partial charge in [-0.3, -0.25) is 0 Å². The van der Waals surface area contributed by atoms with Crippen LogP contribution in [0.4, 0.5) is 0 Å². The molecule has 90 valence electrons. The molecule has 0 bridgehead atoms. The first-order chi connectivity index (χ1) is 7.38. The normalized spacial score (nSPS) is 22.4. The van der Waals surface area contributed by atoms with Crippen molar-refractivity contribution in [3.05, 3.63) is 0 Å². The van der Waals surface area contributed by atoms with E-state index in [1.54, 1.807) is 0 Å². The fourth-order valence-corrected chi connectivity index (χ4v) is 2.52. The van der Waals surface area contributed by atoms with E-state index in [1.165, 1.54) is 64.7 Å². The zero-order chi connectivity index (χ0) is 10.9. The van der Waals surface area contributed by atoms with Crippen LogP contribution in [-0.2, 0) is 0 Å². The molecule has 1 aliphatic rings. The molecule has 0 aromatic carbocycles. The van der Waals surface area contributed by atoms with Gasteiger partial charge in [0.15, 0.2) is 0 Å². The second-order valence-electron chi connectivity index (χ2n) is 4.70. The number of hydrogen-bond donors (Lipinski definition) is 1. The third-order valence-corrected chi connectivity index (χ3v) is 3.45. The van der Waals surface area contributed by atoms with E-state index in [-0.39, 0.29) is 0 Å². The van der Waals surface area contributed by atoms with Crippen LogP contribution in [0.5, 0.6) is 0 Å². The van der Waals surface area contributed by atoms with Crippen molar-refractivity contribution in [2.75, 3.05) is 26.2 Å². The van der Waals surface area contributed by atoms with Gasteiger partial charge < -0.3 is 10.2 Å². The van der Waals surface area contributed by atoms with E-state index in [4.69, 9.17) is 0 Å². The highest BCUT2D eigenvalue weighted by molar-refractivity contribution is 4.77. The minimum absolute atomic E-state index is 0.897. The molecule has 1 atom stereocenters. The molecule has 1 rings (SSSR count). The predicted molar refractivity (Wildman–Crippen MR) is 67.3 cm³/mol. The Morgan fingerprint density at radius 3 is 2.80 bits per heavy atom. The summed E-state index contributed by atoms with van der Waals surface area (Å²) in [6.07, 6.45) is 8.16. The summed E-state index contributed by atoms with van der Waals surface area (Å²) in [5.74, 6) is 0. The summed E-state index contributed by atoms with van der Waals surface area (Å²) in [7, 11) is 0. The van der Waals surface area contributed by atoms with Crippen molar-refractivity contribution in [1.82, 2.24) is 10.2 Å². The van der Waals surface area contributed by atoms with E-state index in [2.05, 4.69) is 24.1 Å². The van der Waals surface area contributed by atoms with Gasteiger partial charge in [0.2, 0.25) is 0 Å². The lowest BCUT2D eigenvalue weighted by atomic mass is 10.1. The Balaban J connectivity index is 1.95. The minimum atomic E-state index is 0.897. The number of nitrogens with zero attached hydrogens (tertiary/aromatic N) is 1. The third-order valence-electron chi connectivity index (χ3n) is 3.45. The summed E-state index contributed by atoms with van der Waals surface area (Å²) in [5, 5.41) is 3.47. The van der Waals surface area contributed by atoms with Gasteiger partial charge in [0, 0.05) is 6.04 Å². The van der Waals surface area contributed by atoms with Gasteiger partial charge >= 0.3 is 0 Å². The lowest BCUT2D eigenvalue weighted by molar-refractivity contribution is 0.243. The zero-order valence-electron chi connectivity index (χ0n) is 10.6.